The van der Waals surface area contributed by atoms with Crippen molar-refractivity contribution in [2.45, 2.75) is 57.7 Å². The smallest absolute Gasteiger partial charge is 0.0947 e. The van der Waals surface area contributed by atoms with Crippen molar-refractivity contribution < 1.29 is 9.15 Å². The van der Waals surface area contributed by atoms with E-state index in [9.17, 15) is 0 Å². The lowest BCUT2D eigenvalue weighted by Gasteiger charge is -2.54. The van der Waals surface area contributed by atoms with Crippen molar-refractivity contribution >= 4 is 0 Å². The first-order chi connectivity index (χ1) is 8.85. The van der Waals surface area contributed by atoms with Crippen LogP contribution >= 0.6 is 0 Å². The summed E-state index contributed by atoms with van der Waals surface area (Å²) in [5, 5.41) is 3.70. The molecule has 1 heterocycles. The van der Waals surface area contributed by atoms with Crippen molar-refractivity contribution in [1.29, 1.82) is 0 Å². The molecule has 0 saturated heterocycles. The second-order valence-corrected chi connectivity index (χ2v) is 5.69. The number of rotatable bonds is 5. The van der Waals surface area contributed by atoms with E-state index in [0.717, 1.165) is 13.2 Å². The first-order valence-corrected chi connectivity index (χ1v) is 7.21. The fourth-order valence-electron chi connectivity index (χ4n) is 3.81. The minimum atomic E-state index is 0.430. The molecule has 0 aromatic carbocycles. The molecule has 2 atom stereocenters. The number of furan rings is 1. The summed E-state index contributed by atoms with van der Waals surface area (Å²) in [5.74, 6) is 0. The third-order valence-electron chi connectivity index (χ3n) is 4.82. The molecule has 1 N–H and O–H groups in total. The molecule has 0 amide bonds. The van der Waals surface area contributed by atoms with E-state index in [1.165, 1.54) is 37.7 Å². The lowest BCUT2D eigenvalue weighted by Crippen LogP contribution is -2.62. The van der Waals surface area contributed by atoms with Crippen LogP contribution in [0.2, 0.25) is 0 Å². The molecule has 2 unspecified atom stereocenters. The number of ether oxygens (including phenoxy) is 1. The summed E-state index contributed by atoms with van der Waals surface area (Å²) in [6.45, 7) is 3.87. The highest BCUT2D eigenvalue weighted by atomic mass is 16.5. The lowest BCUT2D eigenvalue weighted by atomic mass is 9.60. The molecule has 0 radical (unpaired) electrons. The van der Waals surface area contributed by atoms with Gasteiger partial charge in [-0.3, -0.25) is 0 Å². The van der Waals surface area contributed by atoms with Gasteiger partial charge in [0.15, 0.2) is 0 Å². The SMILES string of the molecule is CCOC1CC(NCc2ccoc2)C12CCCC2. The van der Waals surface area contributed by atoms with Crippen LogP contribution in [0, 0.1) is 5.41 Å². The maximum atomic E-state index is 5.92. The number of hydrogen-bond acceptors (Lipinski definition) is 3. The summed E-state index contributed by atoms with van der Waals surface area (Å²) in [4.78, 5) is 0. The molecule has 2 aliphatic rings. The molecule has 3 rings (SSSR count). The standard InChI is InChI=1S/C15H23NO2/c1-2-18-14-9-13(15(14)6-3-4-7-15)16-10-12-5-8-17-11-12/h5,8,11,13-14,16H,2-4,6-7,9-10H2,1H3. The molecule has 100 valence electrons. The molecule has 3 heteroatoms. The molecule has 1 aromatic rings. The van der Waals surface area contributed by atoms with Gasteiger partial charge >= 0.3 is 0 Å². The molecule has 18 heavy (non-hydrogen) atoms. The Morgan fingerprint density at radius 3 is 2.94 bits per heavy atom. The normalized spacial score (nSPS) is 29.6. The predicted molar refractivity (Wildman–Crippen MR) is 70.3 cm³/mol. The van der Waals surface area contributed by atoms with Gasteiger partial charge in [0.2, 0.25) is 0 Å². The van der Waals surface area contributed by atoms with Crippen molar-refractivity contribution in [2.75, 3.05) is 6.61 Å². The van der Waals surface area contributed by atoms with Crippen LogP contribution in [0.25, 0.3) is 0 Å². The predicted octanol–water partition coefficient (Wildman–Crippen LogP) is 3.11. The molecule has 0 bridgehead atoms. The van der Waals surface area contributed by atoms with Crippen LogP contribution in [0.3, 0.4) is 0 Å². The van der Waals surface area contributed by atoms with E-state index in [1.807, 2.05) is 12.3 Å². The van der Waals surface area contributed by atoms with Crippen LogP contribution in [0.5, 0.6) is 0 Å². The summed E-state index contributed by atoms with van der Waals surface area (Å²) < 4.78 is 11.0. The molecular formula is C15H23NO2. The largest absolute Gasteiger partial charge is 0.472 e. The van der Waals surface area contributed by atoms with E-state index >= 15 is 0 Å². The van der Waals surface area contributed by atoms with Gasteiger partial charge in [0, 0.05) is 30.2 Å². The number of nitrogens with one attached hydrogen (secondary N) is 1. The number of hydrogen-bond donors (Lipinski definition) is 1. The van der Waals surface area contributed by atoms with Crippen LogP contribution in [0.1, 0.15) is 44.6 Å². The summed E-state index contributed by atoms with van der Waals surface area (Å²) in [7, 11) is 0. The van der Waals surface area contributed by atoms with Crippen LogP contribution in [0.4, 0.5) is 0 Å². The topological polar surface area (TPSA) is 34.4 Å². The third-order valence-corrected chi connectivity index (χ3v) is 4.82. The molecular weight excluding hydrogens is 226 g/mol. The molecule has 2 fully saturated rings. The second kappa shape index (κ2) is 5.06. The Balaban J connectivity index is 1.59. The zero-order valence-corrected chi connectivity index (χ0v) is 11.2. The third kappa shape index (κ3) is 1.99. The van der Waals surface area contributed by atoms with E-state index in [-0.39, 0.29) is 0 Å². The van der Waals surface area contributed by atoms with Crippen molar-refractivity contribution in [1.82, 2.24) is 5.32 Å². The molecule has 1 spiro atoms. The average molecular weight is 249 g/mol. The second-order valence-electron chi connectivity index (χ2n) is 5.69. The van der Waals surface area contributed by atoms with E-state index in [0.29, 0.717) is 17.6 Å². The van der Waals surface area contributed by atoms with Gasteiger partial charge in [-0.05, 0) is 32.3 Å². The van der Waals surface area contributed by atoms with E-state index in [1.54, 1.807) is 6.26 Å². The van der Waals surface area contributed by atoms with E-state index < -0.39 is 0 Å². The van der Waals surface area contributed by atoms with E-state index in [2.05, 4.69) is 12.2 Å². The Labute approximate surface area is 109 Å². The Morgan fingerprint density at radius 2 is 2.28 bits per heavy atom. The molecule has 1 aromatic heterocycles. The summed E-state index contributed by atoms with van der Waals surface area (Å²) in [5.41, 5.74) is 1.67. The van der Waals surface area contributed by atoms with Crippen molar-refractivity contribution in [3.8, 4) is 0 Å². The lowest BCUT2D eigenvalue weighted by molar-refractivity contribution is -0.130. The Morgan fingerprint density at radius 1 is 1.44 bits per heavy atom. The minimum Gasteiger partial charge on any atom is -0.472 e. The Bertz CT molecular complexity index is 368. The maximum absolute atomic E-state index is 5.92. The first kappa shape index (κ1) is 12.2. The van der Waals surface area contributed by atoms with Crippen molar-refractivity contribution in [2.24, 2.45) is 5.41 Å². The van der Waals surface area contributed by atoms with Gasteiger partial charge in [0.05, 0.1) is 18.6 Å². The van der Waals surface area contributed by atoms with E-state index in [4.69, 9.17) is 9.15 Å². The van der Waals surface area contributed by atoms with Gasteiger partial charge in [-0.15, -0.1) is 0 Å². The molecule has 2 aliphatic carbocycles. The van der Waals surface area contributed by atoms with Crippen LogP contribution in [-0.4, -0.2) is 18.8 Å². The monoisotopic (exact) mass is 249 g/mol. The summed E-state index contributed by atoms with van der Waals surface area (Å²) in [6.07, 6.45) is 10.6. The highest BCUT2D eigenvalue weighted by Gasteiger charge is 2.56. The van der Waals surface area contributed by atoms with Crippen molar-refractivity contribution in [3.05, 3.63) is 24.2 Å². The Kier molecular flexibility index (Phi) is 3.44. The molecule has 0 aliphatic heterocycles. The van der Waals surface area contributed by atoms with Gasteiger partial charge in [0.1, 0.15) is 0 Å². The van der Waals surface area contributed by atoms with Crippen molar-refractivity contribution in [3.63, 3.8) is 0 Å². The highest BCUT2D eigenvalue weighted by molar-refractivity contribution is 5.12. The molecule has 2 saturated carbocycles. The zero-order valence-electron chi connectivity index (χ0n) is 11.2. The summed E-state index contributed by atoms with van der Waals surface area (Å²) >= 11 is 0. The zero-order chi connectivity index (χ0) is 12.4. The highest BCUT2D eigenvalue weighted by Crippen LogP contribution is 2.54. The van der Waals surface area contributed by atoms with Crippen LogP contribution in [-0.2, 0) is 11.3 Å². The Hall–Kier alpha value is -0.800. The summed E-state index contributed by atoms with van der Waals surface area (Å²) in [6, 6.07) is 2.67. The van der Waals surface area contributed by atoms with Crippen LogP contribution < -0.4 is 5.32 Å². The molecule has 3 nitrogen and oxygen atoms in total. The maximum Gasteiger partial charge on any atom is 0.0947 e. The average Bonchev–Trinajstić information content (AvgIpc) is 3.03. The fraction of sp³-hybridized carbons (Fsp3) is 0.733. The van der Waals surface area contributed by atoms with Gasteiger partial charge in [0.25, 0.3) is 0 Å². The minimum absolute atomic E-state index is 0.430. The fourth-order valence-corrected chi connectivity index (χ4v) is 3.81. The first-order valence-electron chi connectivity index (χ1n) is 7.21. The van der Waals surface area contributed by atoms with Gasteiger partial charge < -0.3 is 14.5 Å². The van der Waals surface area contributed by atoms with Gasteiger partial charge in [-0.25, -0.2) is 0 Å². The van der Waals surface area contributed by atoms with Gasteiger partial charge in [-0.1, -0.05) is 12.8 Å². The van der Waals surface area contributed by atoms with Crippen LogP contribution in [0.15, 0.2) is 23.0 Å². The van der Waals surface area contributed by atoms with Gasteiger partial charge in [-0.2, -0.15) is 0 Å². The quantitative estimate of drug-likeness (QED) is 0.870.